The molecule has 0 bridgehead atoms. The van der Waals surface area contributed by atoms with Crippen molar-refractivity contribution in [3.05, 3.63) is 72.1 Å². The first-order valence-electron chi connectivity index (χ1n) is 8.94. The van der Waals surface area contributed by atoms with Gasteiger partial charge in [0, 0.05) is 41.8 Å². The van der Waals surface area contributed by atoms with Gasteiger partial charge in [0.25, 0.3) is 5.91 Å². The number of rotatable bonds is 4. The number of carbonyl (C=O) groups is 1. The molecule has 1 aliphatic heterocycles. The molecule has 6 nitrogen and oxygen atoms in total. The van der Waals surface area contributed by atoms with Crippen LogP contribution >= 0.6 is 0 Å². The summed E-state index contributed by atoms with van der Waals surface area (Å²) in [5, 5.41) is 13.7. The van der Waals surface area contributed by atoms with E-state index in [0.717, 1.165) is 41.4 Å². The lowest BCUT2D eigenvalue weighted by molar-refractivity contribution is 0.102. The average Bonchev–Trinajstić information content (AvgIpc) is 3.30. The lowest BCUT2D eigenvalue weighted by Crippen LogP contribution is -2.14. The molecular weight excluding hydrogens is 338 g/mol. The molecule has 2 aromatic carbocycles. The van der Waals surface area contributed by atoms with E-state index in [1.165, 1.54) is 0 Å². The number of nitrogens with one attached hydrogen (secondary N) is 1. The molecule has 1 N–H and O–H groups in total. The van der Waals surface area contributed by atoms with Crippen molar-refractivity contribution in [2.75, 3.05) is 16.9 Å². The van der Waals surface area contributed by atoms with E-state index in [9.17, 15) is 4.79 Å². The van der Waals surface area contributed by atoms with Gasteiger partial charge in [0.1, 0.15) is 0 Å². The first-order chi connectivity index (χ1) is 13.1. The number of benzene rings is 2. The zero-order chi connectivity index (χ0) is 18.8. The van der Waals surface area contributed by atoms with Crippen molar-refractivity contribution in [2.24, 2.45) is 5.10 Å². The third-order valence-corrected chi connectivity index (χ3v) is 4.58. The number of carbonyl (C=O) groups excluding carboxylic acids is 1. The zero-order valence-corrected chi connectivity index (χ0v) is 15.4. The van der Waals surface area contributed by atoms with Crippen LogP contribution in [0.3, 0.4) is 0 Å². The summed E-state index contributed by atoms with van der Waals surface area (Å²) in [5.41, 5.74) is 5.42. The molecule has 0 saturated heterocycles. The Morgan fingerprint density at radius 3 is 2.52 bits per heavy atom. The van der Waals surface area contributed by atoms with Crippen molar-refractivity contribution in [3.8, 4) is 5.69 Å². The second-order valence-electron chi connectivity index (χ2n) is 6.64. The number of hydrogen-bond acceptors (Lipinski definition) is 4. The number of aromatic nitrogens is 2. The molecule has 0 aliphatic carbocycles. The van der Waals surface area contributed by atoms with E-state index in [1.54, 1.807) is 6.20 Å². The Morgan fingerprint density at radius 1 is 1.04 bits per heavy atom. The predicted octanol–water partition coefficient (Wildman–Crippen LogP) is 4.02. The fourth-order valence-electron chi connectivity index (χ4n) is 3.10. The maximum Gasteiger partial charge on any atom is 0.255 e. The Kier molecular flexibility index (Phi) is 4.46. The van der Waals surface area contributed by atoms with Gasteiger partial charge in [-0.1, -0.05) is 6.07 Å². The fourth-order valence-corrected chi connectivity index (χ4v) is 3.10. The van der Waals surface area contributed by atoms with Crippen LogP contribution in [-0.4, -0.2) is 27.9 Å². The Balaban J connectivity index is 1.49. The van der Waals surface area contributed by atoms with Crippen molar-refractivity contribution in [1.82, 2.24) is 9.78 Å². The van der Waals surface area contributed by atoms with Crippen LogP contribution in [0.15, 0.2) is 65.9 Å². The van der Waals surface area contributed by atoms with E-state index in [4.69, 9.17) is 0 Å². The highest BCUT2D eigenvalue weighted by Crippen LogP contribution is 2.21. The maximum absolute atomic E-state index is 12.6. The fraction of sp³-hybridized carbons (Fsp3) is 0.190. The van der Waals surface area contributed by atoms with Gasteiger partial charge in [0.05, 0.1) is 11.4 Å². The van der Waals surface area contributed by atoms with Crippen LogP contribution in [-0.2, 0) is 0 Å². The van der Waals surface area contributed by atoms with Crippen LogP contribution < -0.4 is 10.3 Å². The van der Waals surface area contributed by atoms with E-state index in [-0.39, 0.29) is 5.91 Å². The summed E-state index contributed by atoms with van der Waals surface area (Å²) in [6.07, 6.45) is 2.74. The average molecular weight is 359 g/mol. The lowest BCUT2D eigenvalue weighted by atomic mass is 10.1. The Morgan fingerprint density at radius 2 is 1.85 bits per heavy atom. The van der Waals surface area contributed by atoms with Crippen molar-refractivity contribution in [1.29, 1.82) is 0 Å². The molecule has 1 amide bonds. The molecule has 3 aromatic rings. The van der Waals surface area contributed by atoms with Gasteiger partial charge >= 0.3 is 0 Å². The number of anilines is 2. The van der Waals surface area contributed by atoms with Crippen LogP contribution in [0.5, 0.6) is 0 Å². The number of hydrogen-bond donors (Lipinski definition) is 1. The molecule has 6 heteroatoms. The minimum Gasteiger partial charge on any atom is -0.322 e. The standard InChI is InChI=1S/C21H21N5O/c1-15-11-13-25(24-15)19-8-6-17(7-9-19)21(27)23-18-4-3-5-20(14-18)26-16(2)10-12-22-26/h3-10,12,14H,11,13H2,1-2H3,(H,23,27). The molecule has 0 saturated carbocycles. The number of hydrazone groups is 1. The predicted molar refractivity (Wildman–Crippen MR) is 108 cm³/mol. The van der Waals surface area contributed by atoms with Crippen LogP contribution in [0.1, 0.15) is 29.4 Å². The molecule has 4 rings (SSSR count). The van der Waals surface area contributed by atoms with E-state index in [2.05, 4.69) is 15.5 Å². The van der Waals surface area contributed by atoms with E-state index >= 15 is 0 Å². The van der Waals surface area contributed by atoms with Gasteiger partial charge < -0.3 is 5.32 Å². The molecule has 2 heterocycles. The Bertz CT molecular complexity index is 1000. The van der Waals surface area contributed by atoms with Crippen LogP contribution in [0, 0.1) is 6.92 Å². The number of amides is 1. The quantitative estimate of drug-likeness (QED) is 0.765. The molecule has 0 atom stereocenters. The molecular formula is C21H21N5O. The molecule has 136 valence electrons. The van der Waals surface area contributed by atoms with Crippen LogP contribution in [0.2, 0.25) is 0 Å². The van der Waals surface area contributed by atoms with Crippen molar-refractivity contribution in [2.45, 2.75) is 20.3 Å². The molecule has 0 spiro atoms. The van der Waals surface area contributed by atoms with Gasteiger partial charge in [0.15, 0.2) is 0 Å². The van der Waals surface area contributed by atoms with Gasteiger partial charge in [-0.05, 0) is 62.4 Å². The van der Waals surface area contributed by atoms with Gasteiger partial charge in [0.2, 0.25) is 0 Å². The first-order valence-corrected chi connectivity index (χ1v) is 8.94. The smallest absolute Gasteiger partial charge is 0.255 e. The minimum absolute atomic E-state index is 0.142. The SMILES string of the molecule is CC1=NN(c2ccc(C(=O)Nc3cccc(-n4nccc4C)c3)cc2)CC1. The number of aryl methyl sites for hydroxylation is 1. The van der Waals surface area contributed by atoms with E-state index in [0.29, 0.717) is 5.56 Å². The van der Waals surface area contributed by atoms with Gasteiger partial charge in [-0.15, -0.1) is 0 Å². The van der Waals surface area contributed by atoms with Crippen molar-refractivity contribution < 1.29 is 4.79 Å². The summed E-state index contributed by atoms with van der Waals surface area (Å²) in [6.45, 7) is 4.91. The van der Waals surface area contributed by atoms with Crippen molar-refractivity contribution in [3.63, 3.8) is 0 Å². The molecule has 0 radical (unpaired) electrons. The highest BCUT2D eigenvalue weighted by Gasteiger charge is 2.14. The van der Waals surface area contributed by atoms with Gasteiger partial charge in [-0.25, -0.2) is 4.68 Å². The van der Waals surface area contributed by atoms with E-state index in [1.807, 2.05) is 78.1 Å². The zero-order valence-electron chi connectivity index (χ0n) is 15.4. The summed E-state index contributed by atoms with van der Waals surface area (Å²) in [5.74, 6) is -0.142. The van der Waals surface area contributed by atoms with Gasteiger partial charge in [-0.3, -0.25) is 9.80 Å². The van der Waals surface area contributed by atoms with Crippen LogP contribution in [0.4, 0.5) is 11.4 Å². The maximum atomic E-state index is 12.6. The second-order valence-corrected chi connectivity index (χ2v) is 6.64. The summed E-state index contributed by atoms with van der Waals surface area (Å²) in [6, 6.07) is 17.1. The highest BCUT2D eigenvalue weighted by molar-refractivity contribution is 6.04. The van der Waals surface area contributed by atoms with Crippen LogP contribution in [0.25, 0.3) is 5.69 Å². The summed E-state index contributed by atoms with van der Waals surface area (Å²) < 4.78 is 1.84. The van der Waals surface area contributed by atoms with Gasteiger partial charge in [-0.2, -0.15) is 10.2 Å². The van der Waals surface area contributed by atoms with E-state index < -0.39 is 0 Å². The number of nitrogens with zero attached hydrogens (tertiary/aromatic N) is 4. The molecule has 0 fully saturated rings. The molecule has 27 heavy (non-hydrogen) atoms. The third-order valence-electron chi connectivity index (χ3n) is 4.58. The normalized spacial score (nSPS) is 13.6. The summed E-state index contributed by atoms with van der Waals surface area (Å²) in [4.78, 5) is 12.6. The lowest BCUT2D eigenvalue weighted by Gasteiger charge is -2.14. The molecule has 1 aromatic heterocycles. The monoisotopic (exact) mass is 359 g/mol. The largest absolute Gasteiger partial charge is 0.322 e. The Hall–Kier alpha value is -3.41. The van der Waals surface area contributed by atoms with Crippen molar-refractivity contribution >= 4 is 23.0 Å². The third kappa shape index (κ3) is 3.60. The Labute approximate surface area is 158 Å². The highest BCUT2D eigenvalue weighted by atomic mass is 16.1. The topological polar surface area (TPSA) is 62.5 Å². The second kappa shape index (κ2) is 7.07. The summed E-state index contributed by atoms with van der Waals surface area (Å²) in [7, 11) is 0. The molecule has 1 aliphatic rings. The minimum atomic E-state index is -0.142. The molecule has 0 unspecified atom stereocenters. The summed E-state index contributed by atoms with van der Waals surface area (Å²) >= 11 is 0. The first kappa shape index (κ1) is 17.0.